The van der Waals surface area contributed by atoms with E-state index in [1.54, 1.807) is 0 Å². The molecular weight excluding hydrogens is 627 g/mol. The van der Waals surface area contributed by atoms with Gasteiger partial charge in [-0.1, -0.05) is 127 Å². The van der Waals surface area contributed by atoms with Gasteiger partial charge in [-0.2, -0.15) is 0 Å². The summed E-state index contributed by atoms with van der Waals surface area (Å²) >= 11 is 1.95. The number of allylic oxidation sites excluding steroid dienone is 4. The predicted molar refractivity (Wildman–Crippen MR) is 208 cm³/mol. The summed E-state index contributed by atoms with van der Waals surface area (Å²) in [6, 6.07) is 48.6. The first-order valence-corrected chi connectivity index (χ1v) is 18.3. The second kappa shape index (κ2) is 10.9. The Morgan fingerprint density at radius 1 is 0.660 bits per heavy atom. The predicted octanol–water partition coefficient (Wildman–Crippen LogP) is 11.7. The van der Waals surface area contributed by atoms with E-state index < -0.39 is 0 Å². The van der Waals surface area contributed by atoms with E-state index in [1.807, 2.05) is 11.8 Å². The van der Waals surface area contributed by atoms with Crippen molar-refractivity contribution < 1.29 is 0 Å². The van der Waals surface area contributed by atoms with Crippen molar-refractivity contribution in [3.8, 4) is 28.3 Å². The molecule has 4 heteroatoms. The Morgan fingerprint density at radius 3 is 2.46 bits per heavy atom. The van der Waals surface area contributed by atoms with Crippen LogP contribution in [0.5, 0.6) is 0 Å². The maximum Gasteiger partial charge on any atom is 0.235 e. The van der Waals surface area contributed by atoms with Gasteiger partial charge in [0.1, 0.15) is 0 Å². The van der Waals surface area contributed by atoms with Gasteiger partial charge in [0.05, 0.1) is 16.7 Å². The van der Waals surface area contributed by atoms with Crippen LogP contribution < -0.4 is 0 Å². The summed E-state index contributed by atoms with van der Waals surface area (Å²) in [4.78, 5) is 13.6. The third-order valence-electron chi connectivity index (χ3n) is 10.9. The topological polar surface area (TPSA) is 30.7 Å². The quantitative estimate of drug-likeness (QED) is 0.189. The number of aryl methyl sites for hydroxylation is 1. The van der Waals surface area contributed by atoms with Crippen molar-refractivity contribution >= 4 is 49.9 Å². The third-order valence-corrected chi connectivity index (χ3v) is 12.2. The van der Waals surface area contributed by atoms with Crippen LogP contribution in [0.4, 0.5) is 0 Å². The van der Waals surface area contributed by atoms with Gasteiger partial charge in [-0.25, -0.2) is 9.97 Å². The number of aromatic nitrogens is 3. The van der Waals surface area contributed by atoms with Crippen LogP contribution in [0.15, 0.2) is 155 Å². The fourth-order valence-electron chi connectivity index (χ4n) is 8.54. The molecule has 1 aliphatic heterocycles. The van der Waals surface area contributed by atoms with Crippen LogP contribution in [-0.2, 0) is 12.8 Å². The van der Waals surface area contributed by atoms with E-state index in [-0.39, 0.29) is 0 Å². The number of fused-ring (bicyclic) bond motifs is 10. The summed E-state index contributed by atoms with van der Waals surface area (Å²) in [6.45, 7) is 0. The molecule has 0 spiro atoms. The molecule has 11 rings (SSSR count). The molecule has 8 aromatic rings. The van der Waals surface area contributed by atoms with Gasteiger partial charge in [0.2, 0.25) is 5.95 Å². The highest BCUT2D eigenvalue weighted by molar-refractivity contribution is 8.03. The average molecular weight is 658 g/mol. The van der Waals surface area contributed by atoms with Gasteiger partial charge in [-0.3, -0.25) is 4.57 Å². The molecule has 2 aromatic heterocycles. The van der Waals surface area contributed by atoms with E-state index in [0.717, 1.165) is 52.9 Å². The molecule has 2 aliphatic carbocycles. The normalized spacial score (nSPS) is 16.1. The van der Waals surface area contributed by atoms with E-state index >= 15 is 0 Å². The van der Waals surface area contributed by atoms with Gasteiger partial charge < -0.3 is 0 Å². The van der Waals surface area contributed by atoms with Gasteiger partial charge in [0.15, 0.2) is 0 Å². The largest absolute Gasteiger partial charge is 0.282 e. The minimum atomic E-state index is 0.436. The van der Waals surface area contributed by atoms with Crippen molar-refractivity contribution in [2.45, 2.75) is 30.1 Å². The number of hydrogen-bond donors (Lipinski definition) is 0. The Bertz CT molecular complexity index is 2780. The molecular formula is C46H31N3S. The van der Waals surface area contributed by atoms with Crippen LogP contribution in [-0.4, -0.2) is 14.5 Å². The molecule has 3 nitrogen and oxygen atoms in total. The zero-order valence-corrected chi connectivity index (χ0v) is 28.1. The van der Waals surface area contributed by atoms with Gasteiger partial charge in [0, 0.05) is 43.3 Å². The molecule has 0 radical (unpaired) electrons. The molecule has 0 saturated heterocycles. The average Bonchev–Trinajstić information content (AvgIpc) is 3.73. The number of hydrogen-bond acceptors (Lipinski definition) is 3. The first kappa shape index (κ1) is 28.2. The summed E-state index contributed by atoms with van der Waals surface area (Å²) in [7, 11) is 0. The van der Waals surface area contributed by atoms with E-state index in [4.69, 9.17) is 9.97 Å². The van der Waals surface area contributed by atoms with Crippen molar-refractivity contribution in [1.29, 1.82) is 0 Å². The molecule has 50 heavy (non-hydrogen) atoms. The summed E-state index contributed by atoms with van der Waals surface area (Å²) < 4.78 is 2.36. The van der Waals surface area contributed by atoms with Crippen molar-refractivity contribution in [2.24, 2.45) is 0 Å². The molecule has 0 fully saturated rings. The molecule has 6 aromatic carbocycles. The van der Waals surface area contributed by atoms with Gasteiger partial charge >= 0.3 is 0 Å². The lowest BCUT2D eigenvalue weighted by atomic mass is 9.86. The fourth-order valence-corrected chi connectivity index (χ4v) is 9.92. The van der Waals surface area contributed by atoms with Gasteiger partial charge in [-0.15, -0.1) is 0 Å². The fraction of sp³-hybridized carbons (Fsp3) is 0.0870. The van der Waals surface area contributed by atoms with E-state index in [9.17, 15) is 0 Å². The number of thioether (sulfide) groups is 1. The maximum atomic E-state index is 5.44. The monoisotopic (exact) mass is 657 g/mol. The summed E-state index contributed by atoms with van der Waals surface area (Å²) in [5, 5.41) is 4.76. The van der Waals surface area contributed by atoms with Gasteiger partial charge in [-0.05, 0) is 88.2 Å². The van der Waals surface area contributed by atoms with Crippen molar-refractivity contribution in [3.63, 3.8) is 0 Å². The number of rotatable bonds is 3. The summed E-state index contributed by atoms with van der Waals surface area (Å²) in [6.07, 6.45) is 7.70. The molecule has 0 bridgehead atoms. The Hall–Kier alpha value is -5.71. The zero-order chi connectivity index (χ0) is 32.8. The third kappa shape index (κ3) is 4.18. The van der Waals surface area contributed by atoms with Crippen LogP contribution in [0.2, 0.25) is 0 Å². The second-order valence-corrected chi connectivity index (χ2v) is 14.7. The smallest absolute Gasteiger partial charge is 0.235 e. The molecule has 1 unspecified atom stereocenters. The summed E-state index contributed by atoms with van der Waals surface area (Å²) in [5.41, 5.74) is 13.6. The Labute approximate surface area is 294 Å². The lowest BCUT2D eigenvalue weighted by Gasteiger charge is -2.20. The molecule has 1 atom stereocenters. The molecule has 0 N–H and O–H groups in total. The van der Waals surface area contributed by atoms with Crippen LogP contribution in [0.3, 0.4) is 0 Å². The standard InChI is InChI=1S/C46H31N3S/c1-2-12-30-26-32(21-20-28(30)10-1)44-37-15-5-7-18-39(37)47-46(48-44)49-40-24-23-31(27-38(40)43-33-13-4-3-11-29(33)22-25-41(43)49)34-16-9-17-36-35-14-6-8-19-42(35)50-45(34)36/h1-16,18-21,23-24,26-27,36H,17,22,25H2. The lowest BCUT2D eigenvalue weighted by molar-refractivity contribution is 0.837. The SMILES string of the molecule is C1=CC(c2ccc3c(c2)c2c(n3-c3nc(-c4ccc5ccccc5c4)c4ccccc4n3)CCc3ccccc3-2)=C2Sc3ccccc3C2C1. The Kier molecular flexibility index (Phi) is 6.14. The Balaban J connectivity index is 1.16. The van der Waals surface area contributed by atoms with Crippen LogP contribution in [0.1, 0.15) is 34.7 Å². The number of benzene rings is 6. The van der Waals surface area contributed by atoms with Crippen molar-refractivity contribution in [1.82, 2.24) is 14.5 Å². The van der Waals surface area contributed by atoms with Gasteiger partial charge in [0.25, 0.3) is 0 Å². The molecule has 0 amide bonds. The first-order valence-electron chi connectivity index (χ1n) is 17.5. The molecule has 236 valence electrons. The maximum absolute atomic E-state index is 5.44. The summed E-state index contributed by atoms with van der Waals surface area (Å²) in [5.74, 6) is 1.16. The minimum absolute atomic E-state index is 0.436. The van der Waals surface area contributed by atoms with E-state index in [2.05, 4.69) is 150 Å². The Morgan fingerprint density at radius 2 is 1.48 bits per heavy atom. The van der Waals surface area contributed by atoms with Crippen molar-refractivity contribution in [3.05, 3.63) is 173 Å². The second-order valence-electron chi connectivity index (χ2n) is 13.6. The molecule has 3 heterocycles. The van der Waals surface area contributed by atoms with Crippen molar-refractivity contribution in [2.75, 3.05) is 0 Å². The highest BCUT2D eigenvalue weighted by atomic mass is 32.2. The van der Waals surface area contributed by atoms with E-state index in [1.165, 1.54) is 65.0 Å². The first-order chi connectivity index (χ1) is 24.8. The van der Waals surface area contributed by atoms with Crippen LogP contribution in [0.25, 0.3) is 66.5 Å². The highest BCUT2D eigenvalue weighted by Crippen LogP contribution is 2.55. The van der Waals surface area contributed by atoms with E-state index in [0.29, 0.717) is 5.92 Å². The highest BCUT2D eigenvalue weighted by Gasteiger charge is 2.32. The molecule has 0 saturated carbocycles. The number of para-hydroxylation sites is 1. The number of nitrogens with zero attached hydrogens (tertiary/aromatic N) is 3. The van der Waals surface area contributed by atoms with Crippen LogP contribution >= 0.6 is 11.8 Å². The molecule has 3 aliphatic rings. The van der Waals surface area contributed by atoms with Crippen LogP contribution in [0, 0.1) is 0 Å². The minimum Gasteiger partial charge on any atom is -0.282 e. The lowest BCUT2D eigenvalue weighted by Crippen LogP contribution is -2.11. The zero-order valence-electron chi connectivity index (χ0n) is 27.3.